The van der Waals surface area contributed by atoms with E-state index in [-0.39, 0.29) is 0 Å². The van der Waals surface area contributed by atoms with Crippen LogP contribution in [0.1, 0.15) is 44.9 Å². The molecule has 0 radical (unpaired) electrons. The number of hydrogen-bond acceptors (Lipinski definition) is 2. The normalized spacial score (nSPS) is 40.9. The Bertz CT molecular complexity index is 242. The number of nitrogens with one attached hydrogen (secondary N) is 1. The third-order valence-electron chi connectivity index (χ3n) is 4.28. The molecule has 0 aromatic rings. The Morgan fingerprint density at radius 2 is 1.87 bits per heavy atom. The molecule has 0 aromatic carbocycles. The minimum absolute atomic E-state index is 0.299. The molecule has 1 saturated carbocycles. The smallest absolute Gasteiger partial charge is 0.228 e. The van der Waals surface area contributed by atoms with Crippen molar-refractivity contribution in [3.05, 3.63) is 0 Å². The van der Waals surface area contributed by atoms with Gasteiger partial charge in [0.1, 0.15) is 0 Å². The standard InChI is InChI=1S/C12H20N2O/c15-12-9-5-1-2-6-10(9)13-11-7-3-4-8-14(11)12/h9-11,13H,1-8H2/t9-,10-,11-/m0/s1. The van der Waals surface area contributed by atoms with E-state index in [1.54, 1.807) is 0 Å². The molecule has 3 rings (SSSR count). The summed E-state index contributed by atoms with van der Waals surface area (Å²) in [6.45, 7) is 0.986. The molecule has 0 spiro atoms. The van der Waals surface area contributed by atoms with Crippen molar-refractivity contribution in [2.45, 2.75) is 57.2 Å². The van der Waals surface area contributed by atoms with Crippen LogP contribution in [-0.2, 0) is 4.79 Å². The van der Waals surface area contributed by atoms with Gasteiger partial charge in [-0.25, -0.2) is 0 Å². The van der Waals surface area contributed by atoms with Crippen LogP contribution in [0.2, 0.25) is 0 Å². The molecular weight excluding hydrogens is 188 g/mol. The van der Waals surface area contributed by atoms with Crippen molar-refractivity contribution in [3.8, 4) is 0 Å². The van der Waals surface area contributed by atoms with Crippen LogP contribution in [0.4, 0.5) is 0 Å². The SMILES string of the molecule is O=C1[C@H]2CCCC[C@@H]2N[C@@H]2CCCCN12. The van der Waals surface area contributed by atoms with Gasteiger partial charge in [0, 0.05) is 12.6 Å². The lowest BCUT2D eigenvalue weighted by Gasteiger charge is -2.48. The largest absolute Gasteiger partial charge is 0.327 e. The first-order chi connectivity index (χ1) is 7.36. The molecule has 0 bridgehead atoms. The molecule has 3 atom stereocenters. The highest BCUT2D eigenvalue weighted by Crippen LogP contribution is 2.32. The van der Waals surface area contributed by atoms with Crippen molar-refractivity contribution in [2.75, 3.05) is 6.54 Å². The second-order valence-electron chi connectivity index (χ2n) is 5.21. The predicted octanol–water partition coefficient (Wildman–Crippen LogP) is 1.49. The third kappa shape index (κ3) is 1.57. The van der Waals surface area contributed by atoms with E-state index in [0.717, 1.165) is 19.4 Å². The van der Waals surface area contributed by atoms with Crippen LogP contribution < -0.4 is 5.32 Å². The monoisotopic (exact) mass is 208 g/mol. The molecule has 3 heteroatoms. The Labute approximate surface area is 91.2 Å². The first kappa shape index (κ1) is 9.64. The van der Waals surface area contributed by atoms with Gasteiger partial charge >= 0.3 is 0 Å². The van der Waals surface area contributed by atoms with E-state index in [2.05, 4.69) is 10.2 Å². The van der Waals surface area contributed by atoms with Gasteiger partial charge < -0.3 is 4.90 Å². The second kappa shape index (κ2) is 3.78. The lowest BCUT2D eigenvalue weighted by Crippen LogP contribution is -2.64. The molecule has 1 N–H and O–H groups in total. The average molecular weight is 208 g/mol. The maximum absolute atomic E-state index is 12.3. The topological polar surface area (TPSA) is 32.3 Å². The van der Waals surface area contributed by atoms with Crippen LogP contribution in [0.25, 0.3) is 0 Å². The molecule has 1 amide bonds. The minimum Gasteiger partial charge on any atom is -0.327 e. The zero-order valence-corrected chi connectivity index (χ0v) is 9.24. The van der Waals surface area contributed by atoms with Crippen LogP contribution in [0, 0.1) is 5.92 Å². The lowest BCUT2D eigenvalue weighted by molar-refractivity contribution is -0.148. The van der Waals surface area contributed by atoms with Gasteiger partial charge in [-0.15, -0.1) is 0 Å². The van der Waals surface area contributed by atoms with Gasteiger partial charge in [0.2, 0.25) is 5.91 Å². The molecule has 2 aliphatic heterocycles. The average Bonchev–Trinajstić information content (AvgIpc) is 2.30. The van der Waals surface area contributed by atoms with Crippen molar-refractivity contribution < 1.29 is 4.79 Å². The number of carbonyl (C=O) groups excluding carboxylic acids is 1. The summed E-state index contributed by atoms with van der Waals surface area (Å²) in [5.74, 6) is 0.747. The third-order valence-corrected chi connectivity index (χ3v) is 4.28. The maximum atomic E-state index is 12.3. The number of carbonyl (C=O) groups is 1. The number of fused-ring (bicyclic) bond motifs is 2. The molecule has 3 nitrogen and oxygen atoms in total. The van der Waals surface area contributed by atoms with Gasteiger partial charge in [-0.3, -0.25) is 10.1 Å². The van der Waals surface area contributed by atoms with E-state index >= 15 is 0 Å². The molecule has 0 unspecified atom stereocenters. The Kier molecular flexibility index (Phi) is 2.43. The lowest BCUT2D eigenvalue weighted by atomic mass is 9.80. The van der Waals surface area contributed by atoms with E-state index in [0.29, 0.717) is 24.0 Å². The summed E-state index contributed by atoms with van der Waals surface area (Å²) in [6, 6.07) is 0.491. The van der Waals surface area contributed by atoms with E-state index in [4.69, 9.17) is 0 Å². The van der Waals surface area contributed by atoms with Crippen LogP contribution in [-0.4, -0.2) is 29.6 Å². The molecule has 1 aliphatic carbocycles. The number of piperidine rings is 1. The Balaban J connectivity index is 1.79. The van der Waals surface area contributed by atoms with E-state index in [1.165, 1.54) is 32.1 Å². The Morgan fingerprint density at radius 3 is 2.80 bits per heavy atom. The number of hydrogen-bond donors (Lipinski definition) is 1. The molecule has 2 saturated heterocycles. The summed E-state index contributed by atoms with van der Waals surface area (Å²) in [4.78, 5) is 14.4. The summed E-state index contributed by atoms with van der Waals surface area (Å²) in [5.41, 5.74) is 0. The van der Waals surface area contributed by atoms with Crippen LogP contribution in [0.15, 0.2) is 0 Å². The van der Waals surface area contributed by atoms with Gasteiger partial charge in [-0.2, -0.15) is 0 Å². The zero-order valence-electron chi connectivity index (χ0n) is 9.24. The number of amides is 1. The zero-order chi connectivity index (χ0) is 10.3. The summed E-state index contributed by atoms with van der Waals surface area (Å²) in [6.07, 6.45) is 8.86. The van der Waals surface area contributed by atoms with E-state index < -0.39 is 0 Å². The summed E-state index contributed by atoms with van der Waals surface area (Å²) < 4.78 is 0. The van der Waals surface area contributed by atoms with Crippen molar-refractivity contribution in [1.29, 1.82) is 0 Å². The van der Waals surface area contributed by atoms with Gasteiger partial charge in [-0.05, 0) is 32.1 Å². The number of nitrogens with zero attached hydrogens (tertiary/aromatic N) is 1. The number of rotatable bonds is 0. The van der Waals surface area contributed by atoms with Gasteiger partial charge in [0.05, 0.1) is 12.1 Å². The fourth-order valence-corrected chi connectivity index (χ4v) is 3.45. The van der Waals surface area contributed by atoms with Crippen LogP contribution >= 0.6 is 0 Å². The van der Waals surface area contributed by atoms with Crippen molar-refractivity contribution in [2.24, 2.45) is 5.92 Å². The van der Waals surface area contributed by atoms with Crippen LogP contribution in [0.3, 0.4) is 0 Å². The van der Waals surface area contributed by atoms with Crippen molar-refractivity contribution in [3.63, 3.8) is 0 Å². The molecule has 84 valence electrons. The highest BCUT2D eigenvalue weighted by atomic mass is 16.2. The molecule has 15 heavy (non-hydrogen) atoms. The van der Waals surface area contributed by atoms with Gasteiger partial charge in [0.25, 0.3) is 0 Å². The fraction of sp³-hybridized carbons (Fsp3) is 0.917. The van der Waals surface area contributed by atoms with E-state index in [9.17, 15) is 4.79 Å². The first-order valence-corrected chi connectivity index (χ1v) is 6.43. The summed E-state index contributed by atoms with van der Waals surface area (Å²) in [7, 11) is 0. The Morgan fingerprint density at radius 1 is 1.07 bits per heavy atom. The molecule has 2 heterocycles. The fourth-order valence-electron chi connectivity index (χ4n) is 3.45. The van der Waals surface area contributed by atoms with Gasteiger partial charge in [0.15, 0.2) is 0 Å². The van der Waals surface area contributed by atoms with Crippen LogP contribution in [0.5, 0.6) is 0 Å². The molecule has 3 aliphatic rings. The maximum Gasteiger partial charge on any atom is 0.228 e. The van der Waals surface area contributed by atoms with Crippen molar-refractivity contribution in [1.82, 2.24) is 10.2 Å². The van der Waals surface area contributed by atoms with E-state index in [1.807, 2.05) is 0 Å². The first-order valence-electron chi connectivity index (χ1n) is 6.43. The molecule has 3 fully saturated rings. The highest BCUT2D eigenvalue weighted by Gasteiger charge is 2.42. The minimum atomic E-state index is 0.299. The summed E-state index contributed by atoms with van der Waals surface area (Å²) >= 11 is 0. The second-order valence-corrected chi connectivity index (χ2v) is 5.21. The quantitative estimate of drug-likeness (QED) is 0.654. The summed E-state index contributed by atoms with van der Waals surface area (Å²) in [5, 5.41) is 3.69. The highest BCUT2D eigenvalue weighted by molar-refractivity contribution is 5.81. The molecule has 0 aromatic heterocycles. The van der Waals surface area contributed by atoms with Gasteiger partial charge in [-0.1, -0.05) is 12.8 Å². The molecular formula is C12H20N2O. The predicted molar refractivity (Wildman–Crippen MR) is 58.2 cm³/mol. The van der Waals surface area contributed by atoms with Crippen molar-refractivity contribution >= 4 is 5.91 Å². The Hall–Kier alpha value is -0.570.